The van der Waals surface area contributed by atoms with Crippen LogP contribution >= 0.6 is 0 Å². The SMILES string of the molecule is CN(C)C(=O)C1(Nc2ccccc2)CCCN(C(=O)c2ccncc2)C1. The number of anilines is 1. The standard InChI is InChI=1S/C20H24N4O2/c1-23(2)19(26)20(22-17-7-4-3-5-8-17)11-6-14-24(15-20)18(25)16-9-12-21-13-10-16/h3-5,7-10,12-13,22H,6,11,14-15H2,1-2H3. The molecule has 0 spiro atoms. The molecule has 0 saturated carbocycles. The van der Waals surface area contributed by atoms with E-state index >= 15 is 0 Å². The molecule has 1 saturated heterocycles. The third-order valence-corrected chi connectivity index (χ3v) is 4.68. The second-order valence-electron chi connectivity index (χ2n) is 6.84. The summed E-state index contributed by atoms with van der Waals surface area (Å²) in [5, 5.41) is 3.41. The third kappa shape index (κ3) is 3.69. The van der Waals surface area contributed by atoms with Crippen LogP contribution in [0.2, 0.25) is 0 Å². The Bertz CT molecular complexity index is 764. The monoisotopic (exact) mass is 352 g/mol. The Morgan fingerprint density at radius 3 is 2.46 bits per heavy atom. The summed E-state index contributed by atoms with van der Waals surface area (Å²) >= 11 is 0. The Labute approximate surface area is 153 Å². The third-order valence-electron chi connectivity index (χ3n) is 4.68. The number of pyridine rings is 1. The molecule has 0 bridgehead atoms. The number of aromatic nitrogens is 1. The summed E-state index contributed by atoms with van der Waals surface area (Å²) in [5.74, 6) is -0.0912. The van der Waals surface area contributed by atoms with Gasteiger partial charge in [-0.3, -0.25) is 14.6 Å². The number of hydrogen-bond acceptors (Lipinski definition) is 4. The van der Waals surface area contributed by atoms with Gasteiger partial charge in [0, 0.05) is 44.3 Å². The number of nitrogens with zero attached hydrogens (tertiary/aromatic N) is 3. The summed E-state index contributed by atoms with van der Waals surface area (Å²) in [6.07, 6.45) is 4.66. The first-order valence-corrected chi connectivity index (χ1v) is 8.76. The van der Waals surface area contributed by atoms with Crippen LogP contribution in [0, 0.1) is 0 Å². The van der Waals surface area contributed by atoms with Gasteiger partial charge in [-0.25, -0.2) is 0 Å². The van der Waals surface area contributed by atoms with Gasteiger partial charge in [0.25, 0.3) is 5.91 Å². The number of hydrogen-bond donors (Lipinski definition) is 1. The van der Waals surface area contributed by atoms with Gasteiger partial charge in [0.2, 0.25) is 5.91 Å². The highest BCUT2D eigenvalue weighted by Gasteiger charge is 2.44. The van der Waals surface area contributed by atoms with Gasteiger partial charge in [-0.15, -0.1) is 0 Å². The molecule has 2 amide bonds. The van der Waals surface area contributed by atoms with E-state index in [4.69, 9.17) is 0 Å². The largest absolute Gasteiger partial charge is 0.370 e. The molecule has 1 unspecified atom stereocenters. The van der Waals surface area contributed by atoms with E-state index in [1.807, 2.05) is 30.3 Å². The number of amides is 2. The van der Waals surface area contributed by atoms with Gasteiger partial charge in [0.05, 0.1) is 6.54 Å². The molecule has 1 aliphatic heterocycles. The Balaban J connectivity index is 1.88. The fourth-order valence-electron chi connectivity index (χ4n) is 3.46. The smallest absolute Gasteiger partial charge is 0.254 e. The second kappa shape index (κ2) is 7.56. The number of carbonyl (C=O) groups excluding carboxylic acids is 2. The summed E-state index contributed by atoms with van der Waals surface area (Å²) in [6, 6.07) is 13.1. The highest BCUT2D eigenvalue weighted by Crippen LogP contribution is 2.28. The average Bonchev–Trinajstić information content (AvgIpc) is 2.68. The number of carbonyl (C=O) groups is 2. The number of likely N-dealkylation sites (tertiary alicyclic amines) is 1. The molecular weight excluding hydrogens is 328 g/mol. The summed E-state index contributed by atoms with van der Waals surface area (Å²) in [7, 11) is 3.50. The van der Waals surface area contributed by atoms with Crippen LogP contribution in [0.25, 0.3) is 0 Å². The van der Waals surface area contributed by atoms with Gasteiger partial charge in [-0.05, 0) is 37.1 Å². The highest BCUT2D eigenvalue weighted by atomic mass is 16.2. The Morgan fingerprint density at radius 2 is 1.81 bits per heavy atom. The van der Waals surface area contributed by atoms with Crippen molar-refractivity contribution in [3.63, 3.8) is 0 Å². The molecule has 2 heterocycles. The zero-order valence-electron chi connectivity index (χ0n) is 15.2. The molecule has 0 aliphatic carbocycles. The Hall–Kier alpha value is -2.89. The molecule has 1 N–H and O–H groups in total. The summed E-state index contributed by atoms with van der Waals surface area (Å²) < 4.78 is 0. The zero-order valence-corrected chi connectivity index (χ0v) is 15.2. The fraction of sp³-hybridized carbons (Fsp3) is 0.350. The highest BCUT2D eigenvalue weighted by molar-refractivity contribution is 5.96. The normalized spacial score (nSPS) is 19.7. The maximum atomic E-state index is 13.0. The molecule has 1 aromatic heterocycles. The van der Waals surface area contributed by atoms with Crippen LogP contribution in [0.1, 0.15) is 23.2 Å². The van der Waals surface area contributed by atoms with Gasteiger partial charge in [0.15, 0.2) is 0 Å². The molecule has 26 heavy (non-hydrogen) atoms. The quantitative estimate of drug-likeness (QED) is 0.917. The van der Waals surface area contributed by atoms with Crippen molar-refractivity contribution in [1.82, 2.24) is 14.8 Å². The number of benzene rings is 1. The van der Waals surface area contributed by atoms with E-state index in [9.17, 15) is 9.59 Å². The minimum absolute atomic E-state index is 0.0198. The van der Waals surface area contributed by atoms with Crippen molar-refractivity contribution >= 4 is 17.5 Å². The number of likely N-dealkylation sites (N-methyl/N-ethyl adjacent to an activating group) is 1. The summed E-state index contributed by atoms with van der Waals surface area (Å²) in [6.45, 7) is 0.972. The molecule has 2 aromatic rings. The molecule has 136 valence electrons. The lowest BCUT2D eigenvalue weighted by Crippen LogP contribution is -2.62. The second-order valence-corrected chi connectivity index (χ2v) is 6.84. The maximum Gasteiger partial charge on any atom is 0.254 e. The van der Waals surface area contributed by atoms with Crippen molar-refractivity contribution in [3.05, 3.63) is 60.4 Å². The number of piperidine rings is 1. The van der Waals surface area contributed by atoms with Gasteiger partial charge in [-0.1, -0.05) is 18.2 Å². The van der Waals surface area contributed by atoms with Crippen molar-refractivity contribution in [2.75, 3.05) is 32.5 Å². The van der Waals surface area contributed by atoms with Crippen molar-refractivity contribution in [1.29, 1.82) is 0 Å². The Morgan fingerprint density at radius 1 is 1.12 bits per heavy atom. The van der Waals surface area contributed by atoms with Crippen LogP contribution in [0.4, 0.5) is 5.69 Å². The topological polar surface area (TPSA) is 65.5 Å². The van der Waals surface area contributed by atoms with Gasteiger partial charge in [0.1, 0.15) is 5.54 Å². The summed E-state index contributed by atoms with van der Waals surface area (Å²) in [5.41, 5.74) is 0.639. The number of rotatable bonds is 4. The molecular formula is C20H24N4O2. The first kappa shape index (κ1) is 17.9. The van der Waals surface area contributed by atoms with Crippen LogP contribution in [-0.2, 0) is 4.79 Å². The minimum Gasteiger partial charge on any atom is -0.370 e. The van der Waals surface area contributed by atoms with Crippen molar-refractivity contribution in [2.45, 2.75) is 18.4 Å². The lowest BCUT2D eigenvalue weighted by molar-refractivity contribution is -0.135. The molecule has 1 aliphatic rings. The first-order valence-electron chi connectivity index (χ1n) is 8.76. The number of nitrogens with one attached hydrogen (secondary N) is 1. The molecule has 1 fully saturated rings. The van der Waals surface area contributed by atoms with Crippen molar-refractivity contribution in [3.8, 4) is 0 Å². The van der Waals surface area contributed by atoms with Crippen LogP contribution in [0.5, 0.6) is 0 Å². The van der Waals surface area contributed by atoms with Crippen molar-refractivity contribution < 1.29 is 9.59 Å². The van der Waals surface area contributed by atoms with E-state index in [0.29, 0.717) is 25.1 Å². The van der Waals surface area contributed by atoms with Gasteiger partial charge >= 0.3 is 0 Å². The molecule has 1 aromatic carbocycles. The zero-order chi connectivity index (χ0) is 18.6. The maximum absolute atomic E-state index is 13.0. The van der Waals surface area contributed by atoms with E-state index in [1.165, 1.54) is 0 Å². The predicted octanol–water partition coefficient (Wildman–Crippen LogP) is 2.26. The summed E-state index contributed by atoms with van der Waals surface area (Å²) in [4.78, 5) is 33.2. The average molecular weight is 352 g/mol. The molecule has 6 nitrogen and oxygen atoms in total. The van der Waals surface area contributed by atoms with Gasteiger partial charge < -0.3 is 15.1 Å². The number of para-hydroxylation sites is 1. The fourth-order valence-corrected chi connectivity index (χ4v) is 3.46. The van der Waals surface area contributed by atoms with E-state index in [0.717, 1.165) is 12.1 Å². The first-order chi connectivity index (χ1) is 12.5. The van der Waals surface area contributed by atoms with E-state index < -0.39 is 5.54 Å². The van der Waals surface area contributed by atoms with Crippen molar-refractivity contribution in [2.24, 2.45) is 0 Å². The lowest BCUT2D eigenvalue weighted by atomic mass is 9.86. The minimum atomic E-state index is -0.828. The predicted molar refractivity (Wildman–Crippen MR) is 101 cm³/mol. The van der Waals surface area contributed by atoms with Crippen LogP contribution < -0.4 is 5.32 Å². The lowest BCUT2D eigenvalue weighted by Gasteiger charge is -2.43. The van der Waals surface area contributed by atoms with Gasteiger partial charge in [-0.2, -0.15) is 0 Å². The molecule has 1 atom stereocenters. The van der Waals surface area contributed by atoms with E-state index in [2.05, 4.69) is 10.3 Å². The van der Waals surface area contributed by atoms with Crippen LogP contribution in [0.3, 0.4) is 0 Å². The van der Waals surface area contributed by atoms with E-state index in [1.54, 1.807) is 48.4 Å². The molecule has 6 heteroatoms. The van der Waals surface area contributed by atoms with Crippen LogP contribution in [0.15, 0.2) is 54.9 Å². The van der Waals surface area contributed by atoms with E-state index in [-0.39, 0.29) is 11.8 Å². The molecule has 0 radical (unpaired) electrons. The Kier molecular flexibility index (Phi) is 5.21. The molecule has 3 rings (SSSR count). The van der Waals surface area contributed by atoms with Crippen LogP contribution in [-0.4, -0.2) is 59.3 Å².